The normalized spacial score (nSPS) is 14.4. The Kier molecular flexibility index (Phi) is 6.18. The summed E-state index contributed by atoms with van der Waals surface area (Å²) in [6.07, 6.45) is 1.57. The summed E-state index contributed by atoms with van der Waals surface area (Å²) in [7, 11) is 3.12. The Bertz CT molecular complexity index is 895. The largest absolute Gasteiger partial charge is 0.497 e. The highest BCUT2D eigenvalue weighted by molar-refractivity contribution is 6.02. The number of para-hydroxylation sites is 1. The molecule has 1 aliphatic rings. The Labute approximate surface area is 165 Å². The highest BCUT2D eigenvalue weighted by Crippen LogP contribution is 2.27. The molecule has 0 aromatic heterocycles. The van der Waals surface area contributed by atoms with Crippen molar-refractivity contribution in [3.05, 3.63) is 59.7 Å². The van der Waals surface area contributed by atoms with Crippen LogP contribution in [0.3, 0.4) is 0 Å². The predicted molar refractivity (Wildman–Crippen MR) is 108 cm³/mol. The molecule has 1 amide bonds. The molecule has 1 aliphatic heterocycles. The highest BCUT2D eigenvalue weighted by Gasteiger charge is 2.24. The first-order valence-corrected chi connectivity index (χ1v) is 9.09. The topological polar surface area (TPSA) is 65.8 Å². The van der Waals surface area contributed by atoms with Crippen LogP contribution in [-0.4, -0.2) is 51.2 Å². The number of hydrogen-bond donors (Lipinski definition) is 0. The van der Waals surface area contributed by atoms with Crippen LogP contribution < -0.4 is 14.4 Å². The second-order valence-electron chi connectivity index (χ2n) is 6.39. The molecule has 0 unspecified atom stereocenters. The summed E-state index contributed by atoms with van der Waals surface area (Å²) >= 11 is 0. The Morgan fingerprint density at radius 2 is 1.75 bits per heavy atom. The van der Waals surface area contributed by atoms with Crippen LogP contribution in [0.25, 0.3) is 6.08 Å². The van der Waals surface area contributed by atoms with Gasteiger partial charge in [-0.25, -0.2) is 0 Å². The summed E-state index contributed by atoms with van der Waals surface area (Å²) in [5.74, 6) is 0.942. The smallest absolute Gasteiger partial charge is 0.264 e. The summed E-state index contributed by atoms with van der Waals surface area (Å²) in [5.41, 5.74) is 1.90. The Balaban J connectivity index is 1.73. The number of rotatable bonds is 5. The van der Waals surface area contributed by atoms with E-state index in [2.05, 4.69) is 17.0 Å². The van der Waals surface area contributed by atoms with Crippen molar-refractivity contribution in [3.8, 4) is 17.6 Å². The minimum Gasteiger partial charge on any atom is -0.497 e. The molecule has 0 aliphatic carbocycles. The Morgan fingerprint density at radius 1 is 1.04 bits per heavy atom. The molecule has 1 heterocycles. The maximum atomic E-state index is 12.9. The van der Waals surface area contributed by atoms with Gasteiger partial charge in [0.1, 0.15) is 23.1 Å². The van der Waals surface area contributed by atoms with E-state index in [9.17, 15) is 10.1 Å². The predicted octanol–water partition coefficient (Wildman–Crippen LogP) is 2.96. The molecular formula is C22H23N3O3. The lowest BCUT2D eigenvalue weighted by molar-refractivity contribution is -0.126. The van der Waals surface area contributed by atoms with E-state index in [1.165, 1.54) is 0 Å². The van der Waals surface area contributed by atoms with Gasteiger partial charge in [0.25, 0.3) is 5.91 Å². The van der Waals surface area contributed by atoms with Crippen molar-refractivity contribution in [3.63, 3.8) is 0 Å². The van der Waals surface area contributed by atoms with Gasteiger partial charge in [-0.05, 0) is 30.3 Å². The maximum Gasteiger partial charge on any atom is 0.264 e. The van der Waals surface area contributed by atoms with E-state index in [1.807, 2.05) is 24.3 Å². The molecule has 6 heteroatoms. The van der Waals surface area contributed by atoms with Crippen LogP contribution in [0.15, 0.2) is 54.1 Å². The molecule has 0 saturated carbocycles. The minimum absolute atomic E-state index is 0.0941. The van der Waals surface area contributed by atoms with Crippen molar-refractivity contribution < 1.29 is 14.3 Å². The molecule has 144 valence electrons. The zero-order chi connectivity index (χ0) is 19.9. The first-order valence-electron chi connectivity index (χ1n) is 9.09. The molecule has 2 aromatic carbocycles. The van der Waals surface area contributed by atoms with Gasteiger partial charge in [0, 0.05) is 43.5 Å². The fourth-order valence-corrected chi connectivity index (χ4v) is 3.21. The second kappa shape index (κ2) is 8.96. The van der Waals surface area contributed by atoms with Gasteiger partial charge in [0.15, 0.2) is 0 Å². The van der Waals surface area contributed by atoms with Crippen molar-refractivity contribution in [2.45, 2.75) is 0 Å². The molecule has 0 spiro atoms. The molecule has 1 fully saturated rings. The first kappa shape index (κ1) is 19.3. The van der Waals surface area contributed by atoms with Crippen LogP contribution >= 0.6 is 0 Å². The van der Waals surface area contributed by atoms with E-state index in [0.29, 0.717) is 30.2 Å². The molecule has 0 bridgehead atoms. The number of ether oxygens (including phenoxy) is 2. The molecule has 6 nitrogen and oxygen atoms in total. The summed E-state index contributed by atoms with van der Waals surface area (Å²) in [5, 5.41) is 9.54. The number of piperazine rings is 1. The fraction of sp³-hybridized carbons (Fsp3) is 0.273. The van der Waals surface area contributed by atoms with Gasteiger partial charge in [0.05, 0.1) is 14.2 Å². The van der Waals surface area contributed by atoms with Crippen molar-refractivity contribution >= 4 is 17.7 Å². The first-order chi connectivity index (χ1) is 13.7. The van der Waals surface area contributed by atoms with E-state index >= 15 is 0 Å². The molecule has 28 heavy (non-hydrogen) atoms. The standard InChI is InChI=1S/C22H23N3O3/c1-27-20-9-8-17(21(15-20)28-2)14-18(16-23)22(26)25-12-10-24(11-13-25)19-6-4-3-5-7-19/h3-9,14-15H,10-13H2,1-2H3/b18-14-. The van der Waals surface area contributed by atoms with E-state index in [0.717, 1.165) is 18.8 Å². The highest BCUT2D eigenvalue weighted by atomic mass is 16.5. The quantitative estimate of drug-likeness (QED) is 0.592. The number of amides is 1. The number of carbonyl (C=O) groups is 1. The maximum absolute atomic E-state index is 12.9. The molecule has 0 N–H and O–H groups in total. The number of anilines is 1. The summed E-state index contributed by atoms with van der Waals surface area (Å²) < 4.78 is 10.5. The molecule has 3 rings (SSSR count). The van der Waals surface area contributed by atoms with Crippen LogP contribution in [0.5, 0.6) is 11.5 Å². The van der Waals surface area contributed by atoms with Crippen LogP contribution in [0, 0.1) is 11.3 Å². The van der Waals surface area contributed by atoms with Crippen LogP contribution in [-0.2, 0) is 4.79 Å². The third-order valence-corrected chi connectivity index (χ3v) is 4.78. The number of nitrogens with zero attached hydrogens (tertiary/aromatic N) is 3. The van der Waals surface area contributed by atoms with Crippen LogP contribution in [0.2, 0.25) is 0 Å². The van der Waals surface area contributed by atoms with Crippen molar-refractivity contribution in [1.82, 2.24) is 4.90 Å². The second-order valence-corrected chi connectivity index (χ2v) is 6.39. The molecule has 0 atom stereocenters. The zero-order valence-corrected chi connectivity index (χ0v) is 16.1. The number of nitriles is 1. The molecule has 1 saturated heterocycles. The van der Waals surface area contributed by atoms with Gasteiger partial charge in [-0.15, -0.1) is 0 Å². The Hall–Kier alpha value is -3.46. The number of benzene rings is 2. The molecule has 2 aromatic rings. The number of methoxy groups -OCH3 is 2. The summed E-state index contributed by atoms with van der Waals surface area (Å²) in [6, 6.07) is 17.4. The van der Waals surface area contributed by atoms with E-state index in [-0.39, 0.29) is 11.5 Å². The van der Waals surface area contributed by atoms with Gasteiger partial charge < -0.3 is 19.3 Å². The third kappa shape index (κ3) is 4.26. The van der Waals surface area contributed by atoms with E-state index < -0.39 is 0 Å². The van der Waals surface area contributed by atoms with Crippen molar-refractivity contribution in [2.24, 2.45) is 0 Å². The third-order valence-electron chi connectivity index (χ3n) is 4.78. The van der Waals surface area contributed by atoms with E-state index in [4.69, 9.17) is 9.47 Å². The summed E-state index contributed by atoms with van der Waals surface area (Å²) in [4.78, 5) is 16.8. The van der Waals surface area contributed by atoms with Gasteiger partial charge in [-0.2, -0.15) is 5.26 Å². The average Bonchev–Trinajstić information content (AvgIpc) is 2.77. The SMILES string of the molecule is COc1ccc(/C=C(/C#N)C(=O)N2CCN(c3ccccc3)CC2)c(OC)c1. The van der Waals surface area contributed by atoms with E-state index in [1.54, 1.807) is 43.4 Å². The number of carbonyl (C=O) groups excluding carboxylic acids is 1. The fourth-order valence-electron chi connectivity index (χ4n) is 3.21. The zero-order valence-electron chi connectivity index (χ0n) is 16.1. The minimum atomic E-state index is -0.256. The van der Waals surface area contributed by atoms with Crippen LogP contribution in [0.1, 0.15) is 5.56 Å². The Morgan fingerprint density at radius 3 is 2.36 bits per heavy atom. The molecule has 0 radical (unpaired) electrons. The molecular weight excluding hydrogens is 354 g/mol. The lowest BCUT2D eigenvalue weighted by atomic mass is 10.1. The van der Waals surface area contributed by atoms with Crippen molar-refractivity contribution in [1.29, 1.82) is 5.26 Å². The number of hydrogen-bond acceptors (Lipinski definition) is 5. The average molecular weight is 377 g/mol. The van der Waals surface area contributed by atoms with Crippen molar-refractivity contribution in [2.75, 3.05) is 45.3 Å². The van der Waals surface area contributed by atoms with Crippen LogP contribution in [0.4, 0.5) is 5.69 Å². The summed E-state index contributed by atoms with van der Waals surface area (Å²) in [6.45, 7) is 2.62. The monoisotopic (exact) mass is 377 g/mol. The van der Waals surface area contributed by atoms with Gasteiger partial charge in [-0.1, -0.05) is 18.2 Å². The van der Waals surface area contributed by atoms with Gasteiger partial charge in [0.2, 0.25) is 0 Å². The van der Waals surface area contributed by atoms with Gasteiger partial charge >= 0.3 is 0 Å². The lowest BCUT2D eigenvalue weighted by Crippen LogP contribution is -2.49. The van der Waals surface area contributed by atoms with Gasteiger partial charge in [-0.3, -0.25) is 4.79 Å². The lowest BCUT2D eigenvalue weighted by Gasteiger charge is -2.36.